The lowest BCUT2D eigenvalue weighted by molar-refractivity contribution is -0.136. The summed E-state index contributed by atoms with van der Waals surface area (Å²) in [6, 6.07) is 17.7. The molecule has 5 nitrogen and oxygen atoms in total. The summed E-state index contributed by atoms with van der Waals surface area (Å²) < 4.78 is 7.20. The number of methoxy groups -OCH3 is 1. The quantitative estimate of drug-likeness (QED) is 0.393. The molecule has 0 saturated heterocycles. The van der Waals surface area contributed by atoms with E-state index in [2.05, 4.69) is 36.6 Å². The van der Waals surface area contributed by atoms with Crippen LogP contribution in [0.1, 0.15) is 35.0 Å². The highest BCUT2D eigenvalue weighted by molar-refractivity contribution is 6.23. The maximum Gasteiger partial charge on any atom is 0.340 e. The average molecular weight is 441 g/mol. The SMILES string of the molecule is COC(=O)C1=C(C)N(c2ccccc2)C(=O)/C1=C/c1cc(C)n(-c2ccc(C)c(C)c2)c1C. The second-order valence-corrected chi connectivity index (χ2v) is 8.42. The number of anilines is 1. The largest absolute Gasteiger partial charge is 0.465 e. The van der Waals surface area contributed by atoms with Crippen molar-refractivity contribution < 1.29 is 14.3 Å². The fourth-order valence-electron chi connectivity index (χ4n) is 4.42. The van der Waals surface area contributed by atoms with Crippen molar-refractivity contribution in [1.29, 1.82) is 0 Å². The Kier molecular flexibility index (Phi) is 5.81. The van der Waals surface area contributed by atoms with E-state index < -0.39 is 5.97 Å². The number of aromatic nitrogens is 1. The van der Waals surface area contributed by atoms with Gasteiger partial charge >= 0.3 is 5.97 Å². The Hall–Kier alpha value is -3.86. The standard InChI is InChI=1S/C28H28N2O3/c1-17-12-13-24(14-18(17)2)29-19(3)15-22(20(29)4)16-25-26(28(32)33-6)21(5)30(27(25)31)23-10-8-7-9-11-23/h7-16H,1-6H3/b25-16+. The number of aryl methyl sites for hydroxylation is 3. The third-order valence-corrected chi connectivity index (χ3v) is 6.32. The van der Waals surface area contributed by atoms with Gasteiger partial charge in [-0.1, -0.05) is 24.3 Å². The molecule has 168 valence electrons. The molecule has 3 aromatic rings. The maximum atomic E-state index is 13.5. The molecule has 1 aromatic heterocycles. The highest BCUT2D eigenvalue weighted by atomic mass is 16.5. The molecule has 33 heavy (non-hydrogen) atoms. The lowest BCUT2D eigenvalue weighted by Crippen LogP contribution is -2.24. The fraction of sp³-hybridized carbons (Fsp3) is 0.214. The summed E-state index contributed by atoms with van der Waals surface area (Å²) in [7, 11) is 1.33. The van der Waals surface area contributed by atoms with Gasteiger partial charge in [-0.3, -0.25) is 9.69 Å². The van der Waals surface area contributed by atoms with E-state index in [-0.39, 0.29) is 5.91 Å². The Morgan fingerprint density at radius 1 is 0.879 bits per heavy atom. The van der Waals surface area contributed by atoms with E-state index in [1.165, 1.54) is 18.2 Å². The van der Waals surface area contributed by atoms with Crippen molar-refractivity contribution in [2.75, 3.05) is 12.0 Å². The normalized spacial score (nSPS) is 15.0. The van der Waals surface area contributed by atoms with Gasteiger partial charge in [0.1, 0.15) is 0 Å². The third kappa shape index (κ3) is 3.80. The molecule has 2 aromatic carbocycles. The van der Waals surface area contributed by atoms with E-state index >= 15 is 0 Å². The Labute approximate surface area is 194 Å². The van der Waals surface area contributed by atoms with Crippen LogP contribution < -0.4 is 4.90 Å². The fourth-order valence-corrected chi connectivity index (χ4v) is 4.42. The zero-order chi connectivity index (χ0) is 23.9. The number of ether oxygens (including phenoxy) is 1. The second-order valence-electron chi connectivity index (χ2n) is 8.42. The van der Waals surface area contributed by atoms with Gasteiger partial charge in [0.2, 0.25) is 0 Å². The van der Waals surface area contributed by atoms with Gasteiger partial charge < -0.3 is 9.30 Å². The Morgan fingerprint density at radius 2 is 1.58 bits per heavy atom. The number of esters is 1. The lowest BCUT2D eigenvalue weighted by atomic mass is 10.0. The summed E-state index contributed by atoms with van der Waals surface area (Å²) in [5.74, 6) is -0.761. The van der Waals surface area contributed by atoms with E-state index in [9.17, 15) is 9.59 Å². The van der Waals surface area contributed by atoms with E-state index in [1.807, 2.05) is 50.2 Å². The number of allylic oxidation sites excluding steroid dienone is 1. The molecular formula is C28H28N2O3. The van der Waals surface area contributed by atoms with E-state index in [1.54, 1.807) is 17.9 Å². The number of carbonyl (C=O) groups excluding carboxylic acids is 2. The lowest BCUT2D eigenvalue weighted by Gasteiger charge is -2.17. The Balaban J connectivity index is 1.85. The van der Waals surface area contributed by atoms with Gasteiger partial charge in [-0.05, 0) is 87.7 Å². The molecule has 0 aliphatic carbocycles. The van der Waals surface area contributed by atoms with Gasteiger partial charge in [-0.25, -0.2) is 4.79 Å². The van der Waals surface area contributed by atoms with E-state index in [0.29, 0.717) is 22.5 Å². The zero-order valence-electron chi connectivity index (χ0n) is 19.9. The predicted octanol–water partition coefficient (Wildman–Crippen LogP) is 5.59. The first-order valence-corrected chi connectivity index (χ1v) is 10.9. The highest BCUT2D eigenvalue weighted by Crippen LogP contribution is 2.36. The predicted molar refractivity (Wildman–Crippen MR) is 131 cm³/mol. The summed E-state index contributed by atoms with van der Waals surface area (Å²) in [6.07, 6.45) is 1.81. The minimum absolute atomic E-state index is 0.241. The summed E-state index contributed by atoms with van der Waals surface area (Å²) in [6.45, 7) is 10.0. The van der Waals surface area contributed by atoms with Gasteiger partial charge in [0.05, 0.1) is 18.3 Å². The summed E-state index contributed by atoms with van der Waals surface area (Å²) in [5.41, 5.74) is 8.37. The topological polar surface area (TPSA) is 51.5 Å². The molecule has 1 amide bonds. The molecule has 5 heteroatoms. The molecule has 0 atom stereocenters. The van der Waals surface area contributed by atoms with Crippen molar-refractivity contribution in [3.05, 3.63) is 99.5 Å². The number of nitrogens with zero attached hydrogens (tertiary/aromatic N) is 2. The van der Waals surface area contributed by atoms with Crippen LogP contribution in [0, 0.1) is 27.7 Å². The van der Waals surface area contributed by atoms with E-state index in [4.69, 9.17) is 4.74 Å². The molecule has 0 saturated carbocycles. The van der Waals surface area contributed by atoms with E-state index in [0.717, 1.165) is 22.6 Å². The number of rotatable bonds is 4. The third-order valence-electron chi connectivity index (χ3n) is 6.32. The highest BCUT2D eigenvalue weighted by Gasteiger charge is 2.38. The molecule has 4 rings (SSSR count). The Morgan fingerprint density at radius 3 is 2.21 bits per heavy atom. The van der Waals surface area contributed by atoms with Crippen LogP contribution in [0.25, 0.3) is 11.8 Å². The molecule has 0 bridgehead atoms. The monoisotopic (exact) mass is 440 g/mol. The smallest absolute Gasteiger partial charge is 0.340 e. The molecule has 0 fully saturated rings. The number of carbonyl (C=O) groups is 2. The summed E-state index contributed by atoms with van der Waals surface area (Å²) in [5, 5.41) is 0. The first-order valence-electron chi connectivity index (χ1n) is 10.9. The van der Waals surface area contributed by atoms with Crippen LogP contribution in [-0.4, -0.2) is 23.6 Å². The number of hydrogen-bond donors (Lipinski definition) is 0. The maximum absolute atomic E-state index is 13.5. The molecule has 0 N–H and O–H groups in total. The number of hydrogen-bond acceptors (Lipinski definition) is 3. The van der Waals surface area contributed by atoms with Crippen LogP contribution in [0.5, 0.6) is 0 Å². The van der Waals surface area contributed by atoms with Gasteiger partial charge in [0.15, 0.2) is 0 Å². The summed E-state index contributed by atoms with van der Waals surface area (Å²) in [4.78, 5) is 27.8. The number of benzene rings is 2. The second kappa shape index (κ2) is 8.58. The average Bonchev–Trinajstić information content (AvgIpc) is 3.21. The van der Waals surface area contributed by atoms with Crippen LogP contribution in [0.15, 0.2) is 71.4 Å². The van der Waals surface area contributed by atoms with Crippen LogP contribution in [0.3, 0.4) is 0 Å². The van der Waals surface area contributed by atoms with Crippen LogP contribution in [0.4, 0.5) is 5.69 Å². The molecule has 1 aliphatic heterocycles. The molecule has 0 radical (unpaired) electrons. The minimum atomic E-state index is -0.520. The minimum Gasteiger partial charge on any atom is -0.465 e. The van der Waals surface area contributed by atoms with Crippen molar-refractivity contribution >= 4 is 23.6 Å². The van der Waals surface area contributed by atoms with Crippen LogP contribution >= 0.6 is 0 Å². The number of amides is 1. The zero-order valence-corrected chi connectivity index (χ0v) is 19.9. The molecule has 0 unspecified atom stereocenters. The molecule has 0 spiro atoms. The van der Waals surface area contributed by atoms with Crippen LogP contribution in [0.2, 0.25) is 0 Å². The molecule has 2 heterocycles. The van der Waals surface area contributed by atoms with Crippen molar-refractivity contribution in [3.8, 4) is 5.69 Å². The van der Waals surface area contributed by atoms with Gasteiger partial charge in [-0.2, -0.15) is 0 Å². The molecule has 1 aliphatic rings. The van der Waals surface area contributed by atoms with Gasteiger partial charge in [0, 0.05) is 28.5 Å². The summed E-state index contributed by atoms with van der Waals surface area (Å²) >= 11 is 0. The first kappa shape index (κ1) is 22.3. The van der Waals surface area contributed by atoms with Gasteiger partial charge in [0.25, 0.3) is 5.91 Å². The Bertz CT molecular complexity index is 1330. The first-order chi connectivity index (χ1) is 15.7. The van der Waals surface area contributed by atoms with Crippen molar-refractivity contribution in [2.24, 2.45) is 0 Å². The van der Waals surface area contributed by atoms with Crippen molar-refractivity contribution in [1.82, 2.24) is 4.57 Å². The number of para-hydroxylation sites is 1. The van der Waals surface area contributed by atoms with Crippen molar-refractivity contribution in [3.63, 3.8) is 0 Å². The van der Waals surface area contributed by atoms with Crippen molar-refractivity contribution in [2.45, 2.75) is 34.6 Å². The van der Waals surface area contributed by atoms with Gasteiger partial charge in [-0.15, -0.1) is 0 Å². The van der Waals surface area contributed by atoms with Crippen LogP contribution in [-0.2, 0) is 14.3 Å². The molecular weight excluding hydrogens is 412 g/mol.